The average Bonchev–Trinajstić information content (AvgIpc) is 2.98. The van der Waals surface area contributed by atoms with Gasteiger partial charge in [-0.05, 0) is 42.8 Å². The van der Waals surface area contributed by atoms with Crippen LogP contribution in [-0.2, 0) is 0 Å². The highest BCUT2D eigenvalue weighted by molar-refractivity contribution is 5.61. The molecule has 5 heteroatoms. The van der Waals surface area contributed by atoms with Crippen LogP contribution < -0.4 is 0 Å². The molecule has 2 heterocycles. The second kappa shape index (κ2) is 4.94. The quantitative estimate of drug-likeness (QED) is 0.709. The summed E-state index contributed by atoms with van der Waals surface area (Å²) in [6, 6.07) is 11.2. The van der Waals surface area contributed by atoms with E-state index in [0.29, 0.717) is 17.3 Å². The van der Waals surface area contributed by atoms with E-state index in [-0.39, 0.29) is 0 Å². The van der Waals surface area contributed by atoms with E-state index >= 15 is 0 Å². The van der Waals surface area contributed by atoms with Gasteiger partial charge < -0.3 is 4.52 Å². The minimum atomic E-state index is 0.435. The van der Waals surface area contributed by atoms with Crippen molar-refractivity contribution in [1.29, 1.82) is 5.26 Å². The molecule has 1 aromatic carbocycles. The zero-order valence-corrected chi connectivity index (χ0v) is 10.7. The largest absolute Gasteiger partial charge is 0.334 e. The van der Waals surface area contributed by atoms with Gasteiger partial charge in [0.05, 0.1) is 11.6 Å². The van der Waals surface area contributed by atoms with Crippen LogP contribution in [-0.4, -0.2) is 15.1 Å². The lowest BCUT2D eigenvalue weighted by Gasteiger charge is -1.98. The van der Waals surface area contributed by atoms with Crippen molar-refractivity contribution >= 4 is 0 Å². The molecule has 5 nitrogen and oxygen atoms in total. The van der Waals surface area contributed by atoms with E-state index < -0.39 is 0 Å². The summed E-state index contributed by atoms with van der Waals surface area (Å²) in [4.78, 5) is 8.31. The van der Waals surface area contributed by atoms with Crippen LogP contribution in [0.3, 0.4) is 0 Å². The van der Waals surface area contributed by atoms with Crippen LogP contribution in [0.1, 0.15) is 11.1 Å². The number of aromatic nitrogens is 3. The van der Waals surface area contributed by atoms with Gasteiger partial charge in [0, 0.05) is 23.5 Å². The first-order chi connectivity index (χ1) is 9.78. The van der Waals surface area contributed by atoms with Crippen LogP contribution in [0.5, 0.6) is 0 Å². The summed E-state index contributed by atoms with van der Waals surface area (Å²) >= 11 is 0. The molecule has 2 aromatic heterocycles. The van der Waals surface area contributed by atoms with E-state index in [1.807, 2.05) is 25.1 Å². The Bertz CT molecular complexity index is 787. The Kier molecular flexibility index (Phi) is 2.98. The summed E-state index contributed by atoms with van der Waals surface area (Å²) in [7, 11) is 0. The Hall–Kier alpha value is -3.00. The summed E-state index contributed by atoms with van der Waals surface area (Å²) in [6.07, 6.45) is 3.36. The third kappa shape index (κ3) is 2.15. The van der Waals surface area contributed by atoms with Crippen molar-refractivity contribution in [3.8, 4) is 28.9 Å². The molecule has 0 amide bonds. The molecule has 3 rings (SSSR count). The van der Waals surface area contributed by atoms with Gasteiger partial charge in [0.2, 0.25) is 5.82 Å². The molecule has 0 fully saturated rings. The number of rotatable bonds is 2. The van der Waals surface area contributed by atoms with Gasteiger partial charge >= 0.3 is 0 Å². The van der Waals surface area contributed by atoms with Crippen molar-refractivity contribution in [3.05, 3.63) is 53.9 Å². The minimum Gasteiger partial charge on any atom is -0.334 e. The molecular weight excluding hydrogens is 252 g/mol. The monoisotopic (exact) mass is 262 g/mol. The van der Waals surface area contributed by atoms with Gasteiger partial charge in [0.1, 0.15) is 0 Å². The fourth-order valence-corrected chi connectivity index (χ4v) is 1.88. The minimum absolute atomic E-state index is 0.435. The topological polar surface area (TPSA) is 75.6 Å². The van der Waals surface area contributed by atoms with Gasteiger partial charge in [-0.1, -0.05) is 5.16 Å². The highest BCUT2D eigenvalue weighted by Crippen LogP contribution is 2.23. The van der Waals surface area contributed by atoms with Crippen LogP contribution in [0.15, 0.2) is 47.2 Å². The highest BCUT2D eigenvalue weighted by Gasteiger charge is 2.11. The summed E-state index contributed by atoms with van der Waals surface area (Å²) < 4.78 is 5.27. The molecule has 0 N–H and O–H groups in total. The fraction of sp³-hybridized carbons (Fsp3) is 0.0667. The van der Waals surface area contributed by atoms with Gasteiger partial charge in [-0.15, -0.1) is 0 Å². The number of benzene rings is 1. The van der Waals surface area contributed by atoms with Gasteiger partial charge in [0.15, 0.2) is 0 Å². The van der Waals surface area contributed by atoms with Crippen LogP contribution >= 0.6 is 0 Å². The number of hydrogen-bond acceptors (Lipinski definition) is 5. The second-order valence-corrected chi connectivity index (χ2v) is 4.30. The molecule has 0 atom stereocenters. The van der Waals surface area contributed by atoms with Crippen LogP contribution in [0.4, 0.5) is 0 Å². The number of aryl methyl sites for hydroxylation is 1. The fourth-order valence-electron chi connectivity index (χ4n) is 1.88. The average molecular weight is 262 g/mol. The second-order valence-electron chi connectivity index (χ2n) is 4.30. The molecule has 0 saturated heterocycles. The van der Waals surface area contributed by atoms with Crippen molar-refractivity contribution in [2.45, 2.75) is 6.92 Å². The normalized spacial score (nSPS) is 10.2. The van der Waals surface area contributed by atoms with E-state index in [4.69, 9.17) is 9.78 Å². The Labute approximate surface area is 115 Å². The number of nitriles is 1. The first-order valence-electron chi connectivity index (χ1n) is 6.03. The van der Waals surface area contributed by atoms with Gasteiger partial charge in [-0.3, -0.25) is 4.98 Å². The van der Waals surface area contributed by atoms with E-state index in [1.54, 1.807) is 24.5 Å². The predicted molar refractivity (Wildman–Crippen MR) is 72.4 cm³/mol. The molecule has 0 radical (unpaired) electrons. The van der Waals surface area contributed by atoms with Crippen molar-refractivity contribution in [3.63, 3.8) is 0 Å². The van der Waals surface area contributed by atoms with Crippen molar-refractivity contribution in [2.75, 3.05) is 0 Å². The van der Waals surface area contributed by atoms with E-state index in [0.717, 1.165) is 16.7 Å². The standard InChI is InChI=1S/C15H10N4O/c1-10-8-12(2-3-13(10)9-16)15-18-14(19-20-15)11-4-6-17-7-5-11/h2-8H,1H3. The zero-order chi connectivity index (χ0) is 13.9. The predicted octanol–water partition coefficient (Wildman–Crippen LogP) is 2.98. The molecule has 0 aliphatic heterocycles. The SMILES string of the molecule is Cc1cc(-c2nc(-c3ccncc3)no2)ccc1C#N. The van der Waals surface area contributed by atoms with E-state index in [9.17, 15) is 0 Å². The van der Waals surface area contributed by atoms with Crippen LogP contribution in [0, 0.1) is 18.3 Å². The van der Waals surface area contributed by atoms with Gasteiger partial charge in [-0.25, -0.2) is 0 Å². The summed E-state index contributed by atoms with van der Waals surface area (Å²) in [5.74, 6) is 0.953. The third-order valence-corrected chi connectivity index (χ3v) is 2.96. The molecule has 0 aliphatic rings. The maximum Gasteiger partial charge on any atom is 0.258 e. The first kappa shape index (κ1) is 12.1. The molecular formula is C15H10N4O. The lowest BCUT2D eigenvalue weighted by Crippen LogP contribution is -1.85. The molecule has 0 bridgehead atoms. The summed E-state index contributed by atoms with van der Waals surface area (Å²) in [5.41, 5.74) is 3.17. The van der Waals surface area contributed by atoms with E-state index in [2.05, 4.69) is 21.2 Å². The lowest BCUT2D eigenvalue weighted by atomic mass is 10.1. The third-order valence-electron chi connectivity index (χ3n) is 2.96. The maximum absolute atomic E-state index is 8.93. The molecule has 96 valence electrons. The summed E-state index contributed by atoms with van der Waals surface area (Å²) in [6.45, 7) is 1.88. The smallest absolute Gasteiger partial charge is 0.258 e. The van der Waals surface area contributed by atoms with Crippen molar-refractivity contribution < 1.29 is 4.52 Å². The molecule has 3 aromatic rings. The Morgan fingerprint density at radius 1 is 1.10 bits per heavy atom. The molecule has 20 heavy (non-hydrogen) atoms. The summed E-state index contributed by atoms with van der Waals surface area (Å²) in [5, 5.41) is 12.9. The van der Waals surface area contributed by atoms with Crippen molar-refractivity contribution in [1.82, 2.24) is 15.1 Å². The molecule has 0 spiro atoms. The van der Waals surface area contributed by atoms with Crippen LogP contribution in [0.25, 0.3) is 22.8 Å². The highest BCUT2D eigenvalue weighted by atomic mass is 16.5. The van der Waals surface area contributed by atoms with E-state index in [1.165, 1.54) is 0 Å². The number of pyridine rings is 1. The Morgan fingerprint density at radius 3 is 2.60 bits per heavy atom. The first-order valence-corrected chi connectivity index (χ1v) is 6.03. The Morgan fingerprint density at radius 2 is 1.90 bits per heavy atom. The molecule has 0 aliphatic carbocycles. The molecule has 0 unspecified atom stereocenters. The number of nitrogens with zero attached hydrogens (tertiary/aromatic N) is 4. The molecule has 0 saturated carbocycles. The van der Waals surface area contributed by atoms with Gasteiger partial charge in [0.25, 0.3) is 5.89 Å². The number of hydrogen-bond donors (Lipinski definition) is 0. The van der Waals surface area contributed by atoms with Gasteiger partial charge in [-0.2, -0.15) is 10.2 Å². The van der Waals surface area contributed by atoms with Crippen LogP contribution in [0.2, 0.25) is 0 Å². The maximum atomic E-state index is 8.93. The lowest BCUT2D eigenvalue weighted by molar-refractivity contribution is 0.432. The Balaban J connectivity index is 1.99. The van der Waals surface area contributed by atoms with Crippen molar-refractivity contribution in [2.24, 2.45) is 0 Å². The zero-order valence-electron chi connectivity index (χ0n) is 10.7.